The molecule has 0 aliphatic carbocycles. The third-order valence-electron chi connectivity index (χ3n) is 5.94. The maximum atomic E-state index is 5.43. The Kier molecular flexibility index (Phi) is 4.70. The highest BCUT2D eigenvalue weighted by Crippen LogP contribution is 2.38. The normalized spacial score (nSPS) is 18.8. The number of ether oxygens (including phenoxy) is 1. The monoisotopic (exact) mass is 463 g/mol. The van der Waals surface area contributed by atoms with Crippen molar-refractivity contribution in [3.05, 3.63) is 71.1 Å². The van der Waals surface area contributed by atoms with E-state index in [2.05, 4.69) is 61.0 Å². The number of halogens is 1. The van der Waals surface area contributed by atoms with Crippen LogP contribution in [0.5, 0.6) is 5.75 Å². The van der Waals surface area contributed by atoms with Crippen molar-refractivity contribution in [3.63, 3.8) is 0 Å². The van der Waals surface area contributed by atoms with E-state index < -0.39 is 0 Å². The van der Waals surface area contributed by atoms with Crippen LogP contribution < -0.4 is 9.64 Å². The van der Waals surface area contributed by atoms with Crippen LogP contribution in [0, 0.1) is 0 Å². The molecule has 0 radical (unpaired) electrons. The molecule has 2 aromatic carbocycles. The Labute approximate surface area is 183 Å². The van der Waals surface area contributed by atoms with Gasteiger partial charge in [-0.2, -0.15) is 5.10 Å². The first-order chi connectivity index (χ1) is 14.6. The zero-order chi connectivity index (χ0) is 20.7. The molecule has 0 spiro atoms. The van der Waals surface area contributed by atoms with E-state index in [4.69, 9.17) is 4.74 Å². The third kappa shape index (κ3) is 3.23. The molecule has 0 N–H and O–H groups in total. The average Bonchev–Trinajstić information content (AvgIpc) is 3.38. The molecular weight excluding hydrogens is 442 g/mol. The number of rotatable bonds is 4. The highest BCUT2D eigenvalue weighted by atomic mass is 79.9. The van der Waals surface area contributed by atoms with E-state index in [1.54, 1.807) is 13.4 Å². The Bertz CT molecular complexity index is 1220. The first-order valence-corrected chi connectivity index (χ1v) is 10.7. The smallest absolute Gasteiger partial charge is 0.168 e. The van der Waals surface area contributed by atoms with Gasteiger partial charge < -0.3 is 9.64 Å². The fourth-order valence-corrected chi connectivity index (χ4v) is 4.64. The van der Waals surface area contributed by atoms with E-state index in [1.807, 2.05) is 41.2 Å². The van der Waals surface area contributed by atoms with Crippen LogP contribution in [-0.2, 0) is 5.41 Å². The summed E-state index contributed by atoms with van der Waals surface area (Å²) in [6.07, 6.45) is 4.55. The zero-order valence-corrected chi connectivity index (χ0v) is 18.5. The summed E-state index contributed by atoms with van der Waals surface area (Å²) in [7, 11) is 1.71. The maximum absolute atomic E-state index is 5.43. The van der Waals surface area contributed by atoms with Gasteiger partial charge >= 0.3 is 0 Å². The molecule has 6 nitrogen and oxygen atoms in total. The lowest BCUT2D eigenvalue weighted by atomic mass is 9.82. The predicted octanol–water partition coefficient (Wildman–Crippen LogP) is 4.75. The minimum absolute atomic E-state index is 0.0338. The molecule has 5 rings (SSSR count). The van der Waals surface area contributed by atoms with Crippen LogP contribution in [0.25, 0.3) is 16.7 Å². The molecule has 4 aromatic rings. The molecule has 2 aromatic heterocycles. The van der Waals surface area contributed by atoms with Crippen LogP contribution in [0.15, 0.2) is 65.5 Å². The van der Waals surface area contributed by atoms with Crippen LogP contribution in [0.2, 0.25) is 0 Å². The predicted molar refractivity (Wildman–Crippen MR) is 122 cm³/mol. The Morgan fingerprint density at radius 1 is 1.10 bits per heavy atom. The fourth-order valence-electron chi connectivity index (χ4n) is 4.26. The Morgan fingerprint density at radius 3 is 2.80 bits per heavy atom. The van der Waals surface area contributed by atoms with Crippen LogP contribution in [0.3, 0.4) is 0 Å². The second kappa shape index (κ2) is 7.40. The molecule has 7 heteroatoms. The first-order valence-electron chi connectivity index (χ1n) is 9.91. The molecule has 1 aliphatic rings. The third-order valence-corrected chi connectivity index (χ3v) is 6.43. The standard InChI is InChI=1S/C23H22BrN5O/c1-23(16-5-3-8-19(11-16)30-2)9-10-28(14-23)21-20-13-27-29(22(20)26-15-25-21)18-7-4-6-17(24)12-18/h3-8,11-13,15H,9-10,14H2,1-2H3. The number of hydrogen-bond acceptors (Lipinski definition) is 5. The molecule has 3 heterocycles. The van der Waals surface area contributed by atoms with Crippen molar-refractivity contribution in [1.29, 1.82) is 0 Å². The lowest BCUT2D eigenvalue weighted by Crippen LogP contribution is -2.28. The van der Waals surface area contributed by atoms with Gasteiger partial charge in [-0.05, 0) is 42.3 Å². The SMILES string of the molecule is COc1cccc(C2(C)CCN(c3ncnc4c3cnn4-c3cccc(Br)c3)C2)c1. The number of hydrogen-bond donors (Lipinski definition) is 0. The first kappa shape index (κ1) is 19.1. The molecule has 1 fully saturated rings. The van der Waals surface area contributed by atoms with Gasteiger partial charge in [-0.3, -0.25) is 0 Å². The van der Waals surface area contributed by atoms with Gasteiger partial charge in [0.25, 0.3) is 0 Å². The molecule has 1 atom stereocenters. The lowest BCUT2D eigenvalue weighted by Gasteiger charge is -2.26. The summed E-state index contributed by atoms with van der Waals surface area (Å²) >= 11 is 3.53. The van der Waals surface area contributed by atoms with Crippen LogP contribution >= 0.6 is 15.9 Å². The Balaban J connectivity index is 1.50. The summed E-state index contributed by atoms with van der Waals surface area (Å²) in [6, 6.07) is 16.4. The topological polar surface area (TPSA) is 56.1 Å². The molecule has 152 valence electrons. The van der Waals surface area contributed by atoms with E-state index in [1.165, 1.54) is 5.56 Å². The number of methoxy groups -OCH3 is 1. The van der Waals surface area contributed by atoms with Gasteiger partial charge in [-0.1, -0.05) is 41.1 Å². The van der Waals surface area contributed by atoms with Gasteiger partial charge in [0.2, 0.25) is 0 Å². The largest absolute Gasteiger partial charge is 0.497 e. The maximum Gasteiger partial charge on any atom is 0.168 e. The highest BCUT2D eigenvalue weighted by molar-refractivity contribution is 9.10. The lowest BCUT2D eigenvalue weighted by molar-refractivity contribution is 0.412. The van der Waals surface area contributed by atoms with Gasteiger partial charge in [-0.15, -0.1) is 0 Å². The summed E-state index contributed by atoms with van der Waals surface area (Å²) in [6.45, 7) is 4.13. The number of benzene rings is 2. The number of nitrogens with zero attached hydrogens (tertiary/aromatic N) is 5. The van der Waals surface area contributed by atoms with E-state index in [9.17, 15) is 0 Å². The van der Waals surface area contributed by atoms with Gasteiger partial charge in [0.05, 0.1) is 24.4 Å². The fraction of sp³-hybridized carbons (Fsp3) is 0.261. The van der Waals surface area contributed by atoms with Crippen LogP contribution in [0.4, 0.5) is 5.82 Å². The van der Waals surface area contributed by atoms with Gasteiger partial charge in [0.1, 0.15) is 17.9 Å². The second-order valence-corrected chi connectivity index (χ2v) is 8.85. The van der Waals surface area contributed by atoms with E-state index in [0.29, 0.717) is 0 Å². The molecule has 1 aliphatic heterocycles. The quantitative estimate of drug-likeness (QED) is 0.436. The summed E-state index contributed by atoms with van der Waals surface area (Å²) in [5.41, 5.74) is 3.10. The van der Waals surface area contributed by atoms with Gasteiger partial charge in [0, 0.05) is 23.0 Å². The molecule has 1 saturated heterocycles. The minimum Gasteiger partial charge on any atom is -0.497 e. The second-order valence-electron chi connectivity index (χ2n) is 7.93. The van der Waals surface area contributed by atoms with Crippen molar-refractivity contribution in [1.82, 2.24) is 19.7 Å². The average molecular weight is 464 g/mol. The Hall–Kier alpha value is -2.93. The van der Waals surface area contributed by atoms with E-state index in [-0.39, 0.29) is 5.41 Å². The van der Waals surface area contributed by atoms with Crippen LogP contribution in [0.1, 0.15) is 18.9 Å². The van der Waals surface area contributed by atoms with Crippen molar-refractivity contribution >= 4 is 32.8 Å². The van der Waals surface area contributed by atoms with Crippen molar-refractivity contribution < 1.29 is 4.74 Å². The van der Waals surface area contributed by atoms with Gasteiger partial charge in [0.15, 0.2) is 5.65 Å². The van der Waals surface area contributed by atoms with Crippen LogP contribution in [-0.4, -0.2) is 39.9 Å². The summed E-state index contributed by atoms with van der Waals surface area (Å²) in [5, 5.41) is 5.57. The van der Waals surface area contributed by atoms with Crippen molar-refractivity contribution in [2.24, 2.45) is 0 Å². The van der Waals surface area contributed by atoms with Crippen molar-refractivity contribution in [3.8, 4) is 11.4 Å². The number of anilines is 1. The summed E-state index contributed by atoms with van der Waals surface area (Å²) in [4.78, 5) is 11.5. The summed E-state index contributed by atoms with van der Waals surface area (Å²) < 4.78 is 8.30. The molecule has 0 amide bonds. The molecule has 0 bridgehead atoms. The Morgan fingerprint density at radius 2 is 1.97 bits per heavy atom. The molecule has 0 saturated carbocycles. The van der Waals surface area contributed by atoms with Gasteiger partial charge in [-0.25, -0.2) is 14.6 Å². The molecule has 1 unspecified atom stereocenters. The van der Waals surface area contributed by atoms with Crippen molar-refractivity contribution in [2.75, 3.05) is 25.1 Å². The number of fused-ring (bicyclic) bond motifs is 1. The molecular formula is C23H22BrN5O. The molecule has 30 heavy (non-hydrogen) atoms. The van der Waals surface area contributed by atoms with E-state index >= 15 is 0 Å². The van der Waals surface area contributed by atoms with Crippen molar-refractivity contribution in [2.45, 2.75) is 18.8 Å². The zero-order valence-electron chi connectivity index (χ0n) is 16.9. The van der Waals surface area contributed by atoms with E-state index in [0.717, 1.165) is 52.3 Å². The summed E-state index contributed by atoms with van der Waals surface area (Å²) in [5.74, 6) is 1.83. The minimum atomic E-state index is 0.0338. The number of aromatic nitrogens is 4. The highest BCUT2D eigenvalue weighted by Gasteiger charge is 2.37.